The van der Waals surface area contributed by atoms with Gasteiger partial charge in [0.15, 0.2) is 0 Å². The van der Waals surface area contributed by atoms with Gasteiger partial charge in [0.2, 0.25) is 15.9 Å². The Labute approximate surface area is 147 Å². The third-order valence-electron chi connectivity index (χ3n) is 3.90. The highest BCUT2D eigenvalue weighted by Gasteiger charge is 2.39. The Morgan fingerprint density at radius 3 is 2.40 bits per heavy atom. The summed E-state index contributed by atoms with van der Waals surface area (Å²) in [4.78, 5) is 36.1. The molecule has 0 radical (unpaired) electrons. The minimum atomic E-state index is -3.74. The molecule has 0 aromatic heterocycles. The summed E-state index contributed by atoms with van der Waals surface area (Å²) in [6.07, 6.45) is 0.718. The van der Waals surface area contributed by atoms with E-state index in [1.54, 1.807) is 20.8 Å². The molecule has 9 nitrogen and oxygen atoms in total. The van der Waals surface area contributed by atoms with Crippen LogP contribution >= 0.6 is 0 Å². The molecule has 2 fully saturated rings. The van der Waals surface area contributed by atoms with Crippen LogP contribution in [0, 0.1) is 5.92 Å². The summed E-state index contributed by atoms with van der Waals surface area (Å²) in [6.45, 7) is 5.50. The molecule has 2 rings (SSSR count). The molecule has 2 unspecified atom stereocenters. The number of nitrogens with one attached hydrogen (secondary N) is 3. The van der Waals surface area contributed by atoms with Crippen LogP contribution < -0.4 is 15.4 Å². The Morgan fingerprint density at radius 1 is 1.28 bits per heavy atom. The number of carbonyl (C=O) groups is 3. The average molecular weight is 375 g/mol. The first-order chi connectivity index (χ1) is 11.5. The molecule has 1 saturated carbocycles. The van der Waals surface area contributed by atoms with Gasteiger partial charge >= 0.3 is 6.09 Å². The van der Waals surface area contributed by atoms with E-state index in [4.69, 9.17) is 4.74 Å². The van der Waals surface area contributed by atoms with Crippen LogP contribution in [0.5, 0.6) is 0 Å². The van der Waals surface area contributed by atoms with Crippen LogP contribution in [0.2, 0.25) is 0 Å². The van der Waals surface area contributed by atoms with Gasteiger partial charge in [-0.2, -0.15) is 0 Å². The van der Waals surface area contributed by atoms with Gasteiger partial charge in [0, 0.05) is 12.5 Å². The van der Waals surface area contributed by atoms with Crippen LogP contribution in [0.4, 0.5) is 4.79 Å². The second-order valence-electron chi connectivity index (χ2n) is 7.42. The van der Waals surface area contributed by atoms with Gasteiger partial charge in [0.1, 0.15) is 11.6 Å². The Balaban J connectivity index is 2.05. The first-order valence-corrected chi connectivity index (χ1v) is 9.85. The lowest BCUT2D eigenvalue weighted by molar-refractivity contribution is -0.124. The molecular weight excluding hydrogens is 350 g/mol. The number of alkyl carbamates (subject to hydrolysis) is 1. The molecule has 0 spiro atoms. The molecule has 0 aromatic carbocycles. The predicted molar refractivity (Wildman–Crippen MR) is 89.0 cm³/mol. The lowest BCUT2D eigenvalue weighted by atomic mass is 9.98. The summed E-state index contributed by atoms with van der Waals surface area (Å²) in [5, 5.41) is 4.47. The second kappa shape index (κ2) is 7.19. The SMILES string of the molecule is CC(C)(C)OC(=O)NC(CC1CCNC1=O)C(=O)NS(=O)(=O)C1CC1. The van der Waals surface area contributed by atoms with Crippen molar-refractivity contribution < 1.29 is 27.5 Å². The topological polar surface area (TPSA) is 131 Å². The van der Waals surface area contributed by atoms with Gasteiger partial charge in [-0.15, -0.1) is 0 Å². The smallest absolute Gasteiger partial charge is 0.408 e. The zero-order chi connectivity index (χ0) is 18.8. The van der Waals surface area contributed by atoms with Crippen LogP contribution in [0.25, 0.3) is 0 Å². The van der Waals surface area contributed by atoms with Gasteiger partial charge in [0.05, 0.1) is 5.25 Å². The van der Waals surface area contributed by atoms with Crippen molar-refractivity contribution in [1.82, 2.24) is 15.4 Å². The molecule has 2 aliphatic rings. The highest BCUT2D eigenvalue weighted by Crippen LogP contribution is 2.27. The van der Waals surface area contributed by atoms with Gasteiger partial charge in [-0.3, -0.25) is 14.3 Å². The van der Waals surface area contributed by atoms with Crippen molar-refractivity contribution in [1.29, 1.82) is 0 Å². The third-order valence-corrected chi connectivity index (χ3v) is 5.73. The van der Waals surface area contributed by atoms with Crippen molar-refractivity contribution >= 4 is 27.9 Å². The number of amides is 3. The molecule has 1 heterocycles. The molecule has 1 aliphatic carbocycles. The molecule has 142 valence electrons. The summed E-state index contributed by atoms with van der Waals surface area (Å²) < 4.78 is 31.1. The largest absolute Gasteiger partial charge is 0.444 e. The summed E-state index contributed by atoms with van der Waals surface area (Å²) in [6, 6.07) is -1.17. The van der Waals surface area contributed by atoms with Gasteiger partial charge in [-0.25, -0.2) is 13.2 Å². The Hall–Kier alpha value is -1.84. The van der Waals surface area contributed by atoms with Crippen LogP contribution in [0.15, 0.2) is 0 Å². The zero-order valence-electron chi connectivity index (χ0n) is 14.6. The van der Waals surface area contributed by atoms with E-state index in [1.807, 2.05) is 4.72 Å². The fraction of sp³-hybridized carbons (Fsp3) is 0.800. The monoisotopic (exact) mass is 375 g/mol. The molecule has 3 amide bonds. The van der Waals surface area contributed by atoms with E-state index in [1.165, 1.54) is 0 Å². The summed E-state index contributed by atoms with van der Waals surface area (Å²) >= 11 is 0. The number of sulfonamides is 1. The van der Waals surface area contributed by atoms with Crippen LogP contribution in [-0.4, -0.2) is 49.8 Å². The average Bonchev–Trinajstić information content (AvgIpc) is 3.22. The van der Waals surface area contributed by atoms with Crippen molar-refractivity contribution in [2.24, 2.45) is 5.92 Å². The van der Waals surface area contributed by atoms with Crippen molar-refractivity contribution in [3.8, 4) is 0 Å². The van der Waals surface area contributed by atoms with Crippen LogP contribution in [-0.2, 0) is 24.3 Å². The molecule has 25 heavy (non-hydrogen) atoms. The Morgan fingerprint density at radius 2 is 1.92 bits per heavy atom. The fourth-order valence-electron chi connectivity index (χ4n) is 2.51. The molecule has 0 aromatic rings. The maximum absolute atomic E-state index is 12.4. The summed E-state index contributed by atoms with van der Waals surface area (Å²) in [5.41, 5.74) is -0.768. The van der Waals surface area contributed by atoms with E-state index < -0.39 is 44.8 Å². The molecule has 1 saturated heterocycles. The molecule has 2 atom stereocenters. The summed E-state index contributed by atoms with van der Waals surface area (Å²) in [5.74, 6) is -1.53. The first kappa shape index (κ1) is 19.5. The molecule has 10 heteroatoms. The van der Waals surface area contributed by atoms with Crippen LogP contribution in [0.1, 0.15) is 46.5 Å². The van der Waals surface area contributed by atoms with E-state index in [0.717, 1.165) is 0 Å². The van der Waals surface area contributed by atoms with E-state index in [2.05, 4.69) is 10.6 Å². The lowest BCUT2D eigenvalue weighted by Crippen LogP contribution is -2.51. The summed E-state index contributed by atoms with van der Waals surface area (Å²) in [7, 11) is -3.74. The third kappa shape index (κ3) is 5.87. The minimum Gasteiger partial charge on any atom is -0.444 e. The van der Waals surface area contributed by atoms with Gasteiger partial charge in [-0.05, 0) is 46.5 Å². The van der Waals surface area contributed by atoms with Crippen molar-refractivity contribution in [3.05, 3.63) is 0 Å². The van der Waals surface area contributed by atoms with Crippen molar-refractivity contribution in [2.45, 2.75) is 63.3 Å². The highest BCUT2D eigenvalue weighted by molar-refractivity contribution is 7.90. The number of hydrogen-bond donors (Lipinski definition) is 3. The normalized spacial score (nSPS) is 22.0. The standard InChI is InChI=1S/C15H25N3O6S/c1-15(2,3)24-14(21)17-11(8-9-6-7-16-12(9)19)13(20)18-25(22,23)10-4-5-10/h9-11H,4-8H2,1-3H3,(H,16,19)(H,17,21)(H,18,20). The maximum Gasteiger partial charge on any atom is 0.408 e. The van der Waals surface area contributed by atoms with E-state index >= 15 is 0 Å². The van der Waals surface area contributed by atoms with E-state index in [0.29, 0.717) is 25.8 Å². The molecule has 0 bridgehead atoms. The Kier molecular flexibility index (Phi) is 5.60. The van der Waals surface area contributed by atoms with Gasteiger partial charge in [0.25, 0.3) is 5.91 Å². The lowest BCUT2D eigenvalue weighted by Gasteiger charge is -2.24. The number of carbonyl (C=O) groups excluding carboxylic acids is 3. The first-order valence-electron chi connectivity index (χ1n) is 8.30. The maximum atomic E-state index is 12.4. The quantitative estimate of drug-likeness (QED) is 0.600. The second-order valence-corrected chi connectivity index (χ2v) is 9.38. The van der Waals surface area contributed by atoms with E-state index in [9.17, 15) is 22.8 Å². The van der Waals surface area contributed by atoms with Gasteiger partial charge in [-0.1, -0.05) is 0 Å². The number of rotatable bonds is 6. The van der Waals surface area contributed by atoms with E-state index in [-0.39, 0.29) is 12.3 Å². The highest BCUT2D eigenvalue weighted by atomic mass is 32.2. The van der Waals surface area contributed by atoms with Crippen molar-refractivity contribution in [3.63, 3.8) is 0 Å². The molecular formula is C15H25N3O6S. The van der Waals surface area contributed by atoms with Crippen molar-refractivity contribution in [2.75, 3.05) is 6.54 Å². The number of ether oxygens (including phenoxy) is 1. The zero-order valence-corrected chi connectivity index (χ0v) is 15.4. The Bertz CT molecular complexity index is 651. The molecule has 3 N–H and O–H groups in total. The van der Waals surface area contributed by atoms with Crippen LogP contribution in [0.3, 0.4) is 0 Å². The predicted octanol–water partition coefficient (Wildman–Crippen LogP) is 0.0143. The molecule has 1 aliphatic heterocycles. The number of hydrogen-bond acceptors (Lipinski definition) is 6. The van der Waals surface area contributed by atoms with Gasteiger partial charge < -0.3 is 15.4 Å². The minimum absolute atomic E-state index is 0.0110. The fourth-order valence-corrected chi connectivity index (χ4v) is 3.85.